The number of cyclic esters (lactones) is 1. The third-order valence-corrected chi connectivity index (χ3v) is 11.4. The summed E-state index contributed by atoms with van der Waals surface area (Å²) in [5.74, 6) is 0. The molecular formula is C29H41NO6Si. The number of hydrogen-bond acceptors (Lipinski definition) is 6. The van der Waals surface area contributed by atoms with Gasteiger partial charge in [0.25, 0.3) is 0 Å². The fourth-order valence-electron chi connectivity index (χ4n) is 3.75. The summed E-state index contributed by atoms with van der Waals surface area (Å²) in [7, 11) is -2.24. The van der Waals surface area contributed by atoms with Gasteiger partial charge in [0.1, 0.15) is 18.2 Å². The van der Waals surface area contributed by atoms with E-state index in [2.05, 4.69) is 39.2 Å². The molecule has 0 aliphatic carbocycles. The summed E-state index contributed by atoms with van der Waals surface area (Å²) >= 11 is 0. The van der Waals surface area contributed by atoms with Gasteiger partial charge in [0, 0.05) is 0 Å². The second-order valence-electron chi connectivity index (χ2n) is 10.9. The van der Waals surface area contributed by atoms with Gasteiger partial charge in [-0.05, 0) is 29.3 Å². The Labute approximate surface area is 221 Å². The molecule has 1 fully saturated rings. The van der Waals surface area contributed by atoms with Crippen molar-refractivity contribution < 1.29 is 28.5 Å². The van der Waals surface area contributed by atoms with Crippen molar-refractivity contribution in [3.8, 4) is 0 Å². The van der Waals surface area contributed by atoms with Crippen LogP contribution in [0, 0.1) is 0 Å². The van der Waals surface area contributed by atoms with Gasteiger partial charge in [0.05, 0.1) is 26.4 Å². The topological polar surface area (TPSA) is 86.3 Å². The molecule has 0 saturated carbocycles. The first-order chi connectivity index (χ1) is 17.6. The van der Waals surface area contributed by atoms with E-state index < -0.39 is 38.8 Å². The van der Waals surface area contributed by atoms with E-state index in [9.17, 15) is 9.90 Å². The molecule has 8 heteroatoms. The average molecular weight is 528 g/mol. The number of nitrogens with one attached hydrogen (secondary N) is 1. The number of rotatable bonds is 13. The van der Waals surface area contributed by atoms with Gasteiger partial charge >= 0.3 is 6.09 Å². The van der Waals surface area contributed by atoms with Crippen molar-refractivity contribution in [3.05, 3.63) is 83.9 Å². The molecule has 7 nitrogen and oxygen atoms in total. The van der Waals surface area contributed by atoms with Crippen molar-refractivity contribution in [2.24, 2.45) is 0 Å². The van der Waals surface area contributed by atoms with Crippen molar-refractivity contribution in [1.82, 2.24) is 5.32 Å². The summed E-state index contributed by atoms with van der Waals surface area (Å²) < 4.78 is 23.9. The first-order valence-corrected chi connectivity index (χ1v) is 15.7. The Hall–Kier alpha value is -2.49. The Balaban J connectivity index is 1.67. The zero-order chi connectivity index (χ0) is 26.9. The highest BCUT2D eigenvalue weighted by Gasteiger charge is 2.47. The van der Waals surface area contributed by atoms with E-state index in [0.717, 1.165) is 11.1 Å². The molecule has 3 rings (SSSR count). The predicted octanol–water partition coefficient (Wildman–Crippen LogP) is 5.20. The molecule has 0 radical (unpaired) electrons. The van der Waals surface area contributed by atoms with Crippen LogP contribution >= 0.6 is 0 Å². The number of benzene rings is 2. The van der Waals surface area contributed by atoms with E-state index in [4.69, 9.17) is 18.6 Å². The Morgan fingerprint density at radius 1 is 1.00 bits per heavy atom. The van der Waals surface area contributed by atoms with E-state index in [-0.39, 0.29) is 11.6 Å². The fraction of sp³-hybridized carbons (Fsp3) is 0.483. The lowest BCUT2D eigenvalue weighted by Gasteiger charge is -2.40. The minimum atomic E-state index is -2.24. The second-order valence-corrected chi connectivity index (χ2v) is 15.6. The minimum Gasteiger partial charge on any atom is -0.441 e. The predicted molar refractivity (Wildman–Crippen MR) is 147 cm³/mol. The number of aliphatic hydroxyl groups excluding tert-OH is 1. The van der Waals surface area contributed by atoms with Gasteiger partial charge in [-0.2, -0.15) is 0 Å². The van der Waals surface area contributed by atoms with Crippen LogP contribution in [0.4, 0.5) is 4.79 Å². The second kappa shape index (κ2) is 13.3. The van der Waals surface area contributed by atoms with Crippen LogP contribution in [0.2, 0.25) is 18.1 Å². The van der Waals surface area contributed by atoms with Crippen molar-refractivity contribution in [2.75, 3.05) is 13.2 Å². The first kappa shape index (κ1) is 29.1. The quantitative estimate of drug-likeness (QED) is 0.211. The van der Waals surface area contributed by atoms with Crippen LogP contribution in [0.5, 0.6) is 0 Å². The van der Waals surface area contributed by atoms with Gasteiger partial charge in [-0.3, -0.25) is 0 Å². The summed E-state index contributed by atoms with van der Waals surface area (Å²) in [5, 5.41) is 13.7. The number of hydrogen-bond donors (Lipinski definition) is 2. The molecule has 2 aromatic carbocycles. The molecule has 37 heavy (non-hydrogen) atoms. The summed E-state index contributed by atoms with van der Waals surface area (Å²) in [6, 6.07) is 19.0. The van der Waals surface area contributed by atoms with E-state index in [1.165, 1.54) is 0 Å². The largest absolute Gasteiger partial charge is 0.441 e. The van der Waals surface area contributed by atoms with Crippen LogP contribution < -0.4 is 5.32 Å². The molecule has 1 heterocycles. The molecule has 0 bridgehead atoms. The molecule has 4 atom stereocenters. The number of alkyl carbamates (subject to hydrolysis) is 1. The lowest BCUT2D eigenvalue weighted by Crippen LogP contribution is -2.53. The normalized spacial score (nSPS) is 20.0. The molecule has 202 valence electrons. The third kappa shape index (κ3) is 8.79. The molecular weight excluding hydrogens is 486 g/mol. The zero-order valence-electron chi connectivity index (χ0n) is 22.6. The van der Waals surface area contributed by atoms with Gasteiger partial charge in [-0.25, -0.2) is 4.79 Å². The minimum absolute atomic E-state index is 0.0498. The van der Waals surface area contributed by atoms with Crippen molar-refractivity contribution >= 4 is 14.4 Å². The third-order valence-electron chi connectivity index (χ3n) is 6.91. The maximum Gasteiger partial charge on any atom is 0.408 e. The summed E-state index contributed by atoms with van der Waals surface area (Å²) in [6.07, 6.45) is 0.989. The number of carbonyl (C=O) groups excluding carboxylic acids is 1. The average Bonchev–Trinajstić information content (AvgIpc) is 3.25. The number of carbonyl (C=O) groups is 1. The van der Waals surface area contributed by atoms with Crippen LogP contribution in [0.15, 0.2) is 72.8 Å². The maximum absolute atomic E-state index is 12.3. The van der Waals surface area contributed by atoms with Gasteiger partial charge in [-0.1, -0.05) is 93.6 Å². The Bertz CT molecular complexity index is 992. The summed E-state index contributed by atoms with van der Waals surface area (Å²) in [5.41, 5.74) is 2.10. The van der Waals surface area contributed by atoms with E-state index in [1.807, 2.05) is 72.8 Å². The Morgan fingerprint density at radius 3 is 2.14 bits per heavy atom. The van der Waals surface area contributed by atoms with Gasteiger partial charge < -0.3 is 29.1 Å². The standard InChI is InChI=1S/C29H41NO6Si/c1-29(2,3)37(4,5)36-25(17-12-18-33-19-22-13-8-6-9-14-22)27-26(30-28(32)35-27)24(31)21-34-20-23-15-10-7-11-16-23/h6-17,24-27,31H,18-21H2,1-5H3,(H,30,32)/b17-12+/t24-,25+,26+,27+/m0/s1. The van der Waals surface area contributed by atoms with E-state index in [0.29, 0.717) is 19.8 Å². The maximum atomic E-state index is 12.3. The highest BCUT2D eigenvalue weighted by molar-refractivity contribution is 6.74. The molecule has 0 spiro atoms. The molecule has 2 N–H and O–H groups in total. The van der Waals surface area contributed by atoms with Gasteiger partial charge in [0.2, 0.25) is 0 Å². The first-order valence-electron chi connectivity index (χ1n) is 12.8. The molecule has 1 aliphatic rings. The molecule has 1 saturated heterocycles. The van der Waals surface area contributed by atoms with E-state index >= 15 is 0 Å². The van der Waals surface area contributed by atoms with Gasteiger partial charge in [-0.15, -0.1) is 0 Å². The lowest BCUT2D eigenvalue weighted by molar-refractivity contribution is -0.0221. The van der Waals surface area contributed by atoms with Crippen molar-refractivity contribution in [3.63, 3.8) is 0 Å². The molecule has 2 aromatic rings. The van der Waals surface area contributed by atoms with Crippen LogP contribution in [0.1, 0.15) is 31.9 Å². The molecule has 1 amide bonds. The van der Waals surface area contributed by atoms with Crippen molar-refractivity contribution in [1.29, 1.82) is 0 Å². The van der Waals surface area contributed by atoms with Crippen LogP contribution in [-0.4, -0.2) is 57.1 Å². The van der Waals surface area contributed by atoms with Crippen LogP contribution in [0.3, 0.4) is 0 Å². The summed E-state index contributed by atoms with van der Waals surface area (Å²) in [6.45, 7) is 12.1. The summed E-state index contributed by atoms with van der Waals surface area (Å²) in [4.78, 5) is 12.3. The molecule has 0 aromatic heterocycles. The van der Waals surface area contributed by atoms with Crippen LogP contribution in [0.25, 0.3) is 0 Å². The highest BCUT2D eigenvalue weighted by atomic mass is 28.4. The van der Waals surface area contributed by atoms with Crippen molar-refractivity contribution in [2.45, 2.75) is 76.5 Å². The zero-order valence-corrected chi connectivity index (χ0v) is 23.6. The number of ether oxygens (including phenoxy) is 3. The number of amides is 1. The SMILES string of the molecule is CC(C)(C)[Si](C)(C)O[C@H](/C=C/COCc1ccccc1)[C@H]1OC(=O)N[C@@H]1[C@@H](O)COCc1ccccc1. The monoisotopic (exact) mass is 527 g/mol. The van der Waals surface area contributed by atoms with E-state index in [1.54, 1.807) is 0 Å². The lowest BCUT2D eigenvalue weighted by atomic mass is 10.0. The van der Waals surface area contributed by atoms with Gasteiger partial charge in [0.15, 0.2) is 14.4 Å². The fourth-order valence-corrected chi connectivity index (χ4v) is 5.00. The highest BCUT2D eigenvalue weighted by Crippen LogP contribution is 2.38. The smallest absolute Gasteiger partial charge is 0.408 e. The Kier molecular flexibility index (Phi) is 10.5. The molecule has 0 unspecified atom stereocenters. The molecule has 1 aliphatic heterocycles. The number of aliphatic hydroxyl groups is 1. The van der Waals surface area contributed by atoms with Crippen LogP contribution in [-0.2, 0) is 31.9 Å². The Morgan fingerprint density at radius 2 is 1.57 bits per heavy atom.